The molecule has 0 atom stereocenters. The van der Waals surface area contributed by atoms with Gasteiger partial charge in [-0.25, -0.2) is 0 Å². The molecule has 2 N–H and O–H groups in total. The van der Waals surface area contributed by atoms with Crippen molar-refractivity contribution in [3.05, 3.63) is 62.7 Å². The predicted molar refractivity (Wildman–Crippen MR) is 116 cm³/mol. The number of nitro groups is 1. The van der Waals surface area contributed by atoms with Gasteiger partial charge in [0, 0.05) is 30.4 Å². The van der Waals surface area contributed by atoms with Crippen LogP contribution in [0.5, 0.6) is 0 Å². The van der Waals surface area contributed by atoms with Gasteiger partial charge < -0.3 is 15.5 Å². The van der Waals surface area contributed by atoms with Crippen LogP contribution in [0.15, 0.2) is 30.3 Å². The average molecular weight is 410 g/mol. The summed E-state index contributed by atoms with van der Waals surface area (Å²) < 4.78 is 0. The molecule has 2 aromatic rings. The Bertz CT molecular complexity index is 991. The maximum absolute atomic E-state index is 12.6. The second kappa shape index (κ2) is 8.52. The van der Waals surface area contributed by atoms with Crippen LogP contribution in [0.25, 0.3) is 0 Å². The van der Waals surface area contributed by atoms with Crippen LogP contribution in [-0.4, -0.2) is 36.4 Å². The van der Waals surface area contributed by atoms with E-state index in [4.69, 9.17) is 0 Å². The van der Waals surface area contributed by atoms with Crippen LogP contribution in [0.2, 0.25) is 0 Å². The molecular weight excluding hydrogens is 384 g/mol. The minimum atomic E-state index is -0.536. The van der Waals surface area contributed by atoms with Gasteiger partial charge in [0.2, 0.25) is 5.91 Å². The zero-order chi connectivity index (χ0) is 22.0. The van der Waals surface area contributed by atoms with Crippen LogP contribution in [0, 0.1) is 30.9 Å². The van der Waals surface area contributed by atoms with Gasteiger partial charge in [-0.2, -0.15) is 0 Å². The van der Waals surface area contributed by atoms with E-state index in [0.29, 0.717) is 0 Å². The molecule has 3 rings (SSSR count). The summed E-state index contributed by atoms with van der Waals surface area (Å²) in [7, 11) is 1.61. The summed E-state index contributed by atoms with van der Waals surface area (Å²) in [5.74, 6) is -0.602. The van der Waals surface area contributed by atoms with Crippen LogP contribution in [0.3, 0.4) is 0 Å². The highest BCUT2D eigenvalue weighted by Crippen LogP contribution is 2.29. The maximum Gasteiger partial charge on any atom is 0.293 e. The zero-order valence-corrected chi connectivity index (χ0v) is 17.6. The number of benzene rings is 2. The monoisotopic (exact) mass is 410 g/mol. The highest BCUT2D eigenvalue weighted by atomic mass is 16.6. The summed E-state index contributed by atoms with van der Waals surface area (Å²) in [6, 6.07) is 8.45. The fourth-order valence-electron chi connectivity index (χ4n) is 3.49. The summed E-state index contributed by atoms with van der Waals surface area (Å²) in [6.07, 6.45) is 1.87. The molecule has 0 radical (unpaired) electrons. The van der Waals surface area contributed by atoms with Crippen LogP contribution < -0.4 is 15.5 Å². The molecule has 30 heavy (non-hydrogen) atoms. The lowest BCUT2D eigenvalue weighted by Crippen LogP contribution is -2.31. The minimum absolute atomic E-state index is 0.0682. The molecule has 1 aliphatic carbocycles. The molecule has 0 heterocycles. The normalized spacial score (nSPS) is 12.9. The summed E-state index contributed by atoms with van der Waals surface area (Å²) in [5, 5.41) is 17.3. The second-order valence-electron chi connectivity index (χ2n) is 7.89. The van der Waals surface area contributed by atoms with Gasteiger partial charge in [-0.15, -0.1) is 0 Å². The second-order valence-corrected chi connectivity index (χ2v) is 7.89. The van der Waals surface area contributed by atoms with Crippen LogP contribution >= 0.6 is 0 Å². The lowest BCUT2D eigenvalue weighted by atomic mass is 10.1. The van der Waals surface area contributed by atoms with Crippen molar-refractivity contribution >= 4 is 28.9 Å². The third-order valence-corrected chi connectivity index (χ3v) is 5.08. The van der Waals surface area contributed by atoms with E-state index in [-0.39, 0.29) is 41.3 Å². The number of nitro benzene ring substituents is 1. The van der Waals surface area contributed by atoms with Crippen molar-refractivity contribution in [2.75, 3.05) is 23.8 Å². The van der Waals surface area contributed by atoms with Crippen molar-refractivity contribution in [3.8, 4) is 0 Å². The molecule has 0 saturated heterocycles. The maximum atomic E-state index is 12.6. The van der Waals surface area contributed by atoms with Crippen LogP contribution in [-0.2, 0) is 4.79 Å². The van der Waals surface area contributed by atoms with Gasteiger partial charge >= 0.3 is 0 Å². The molecule has 0 unspecified atom stereocenters. The number of aryl methyl sites for hydroxylation is 3. The largest absolute Gasteiger partial charge is 0.360 e. The molecule has 0 spiro atoms. The first-order valence-electron chi connectivity index (χ1n) is 9.84. The topological polar surface area (TPSA) is 105 Å². The highest BCUT2D eigenvalue weighted by Gasteiger charge is 2.26. The van der Waals surface area contributed by atoms with E-state index in [0.717, 1.165) is 35.2 Å². The molecule has 158 valence electrons. The fourth-order valence-corrected chi connectivity index (χ4v) is 3.49. The lowest BCUT2D eigenvalue weighted by molar-refractivity contribution is -0.384. The Morgan fingerprint density at radius 1 is 1.13 bits per heavy atom. The van der Waals surface area contributed by atoms with E-state index in [1.165, 1.54) is 17.0 Å². The Hall–Kier alpha value is -3.42. The molecule has 1 saturated carbocycles. The molecule has 2 amide bonds. The smallest absolute Gasteiger partial charge is 0.293 e. The third-order valence-electron chi connectivity index (χ3n) is 5.08. The number of carbonyl (C=O) groups is 2. The minimum Gasteiger partial charge on any atom is -0.360 e. The van der Waals surface area contributed by atoms with Crippen molar-refractivity contribution in [1.29, 1.82) is 0 Å². The van der Waals surface area contributed by atoms with E-state index in [9.17, 15) is 19.7 Å². The standard InChI is InChI=1S/C22H26N4O4/c1-13-9-14(2)21(15(3)10-13)24-20(27)12-25(4)18-8-5-16(11-19(18)26(29)30)22(28)23-17-6-7-17/h5,8-11,17H,6-7,12H2,1-4H3,(H,23,28)(H,24,27). The Morgan fingerprint density at radius 3 is 2.33 bits per heavy atom. The van der Waals surface area contributed by atoms with Gasteiger partial charge in [0.25, 0.3) is 11.6 Å². The van der Waals surface area contributed by atoms with E-state index in [2.05, 4.69) is 10.6 Å². The Labute approximate surface area is 175 Å². The summed E-state index contributed by atoms with van der Waals surface area (Å²) in [4.78, 5) is 37.3. The first-order chi connectivity index (χ1) is 14.2. The first kappa shape index (κ1) is 21.3. The van der Waals surface area contributed by atoms with Crippen LogP contribution in [0.1, 0.15) is 39.9 Å². The highest BCUT2D eigenvalue weighted by molar-refractivity contribution is 5.97. The van der Waals surface area contributed by atoms with E-state index in [1.54, 1.807) is 13.1 Å². The van der Waals surface area contributed by atoms with Gasteiger partial charge in [0.15, 0.2) is 0 Å². The van der Waals surface area contributed by atoms with Crippen molar-refractivity contribution in [3.63, 3.8) is 0 Å². The predicted octanol–water partition coefficient (Wildman–Crippen LogP) is 3.49. The lowest BCUT2D eigenvalue weighted by Gasteiger charge is -2.20. The van der Waals surface area contributed by atoms with Gasteiger partial charge in [-0.3, -0.25) is 19.7 Å². The molecule has 0 bridgehead atoms. The quantitative estimate of drug-likeness (QED) is 0.537. The SMILES string of the molecule is Cc1cc(C)c(NC(=O)CN(C)c2ccc(C(=O)NC3CC3)cc2[N+](=O)[O-])c(C)c1. The molecule has 2 aromatic carbocycles. The number of hydrogen-bond donors (Lipinski definition) is 2. The Balaban J connectivity index is 1.75. The summed E-state index contributed by atoms with van der Waals surface area (Å²) >= 11 is 0. The number of anilines is 2. The number of likely N-dealkylation sites (N-methyl/N-ethyl adjacent to an activating group) is 1. The zero-order valence-electron chi connectivity index (χ0n) is 17.6. The molecule has 0 aliphatic heterocycles. The Kier molecular flexibility index (Phi) is 6.05. The third kappa shape index (κ3) is 4.94. The van der Waals surface area contributed by atoms with Gasteiger partial charge in [-0.05, 0) is 56.9 Å². The number of nitrogens with zero attached hydrogens (tertiary/aromatic N) is 2. The fraction of sp³-hybridized carbons (Fsp3) is 0.364. The van der Waals surface area contributed by atoms with Gasteiger partial charge in [0.05, 0.1) is 11.5 Å². The number of nitrogens with one attached hydrogen (secondary N) is 2. The first-order valence-corrected chi connectivity index (χ1v) is 9.84. The summed E-state index contributed by atoms with van der Waals surface area (Å²) in [5.41, 5.74) is 4.08. The average Bonchev–Trinajstić information content (AvgIpc) is 3.48. The van der Waals surface area contributed by atoms with Gasteiger partial charge in [-0.1, -0.05) is 17.7 Å². The van der Waals surface area contributed by atoms with E-state index in [1.807, 2.05) is 32.9 Å². The number of amides is 2. The Morgan fingerprint density at radius 2 is 1.77 bits per heavy atom. The van der Waals surface area contributed by atoms with Crippen molar-refractivity contribution in [2.24, 2.45) is 0 Å². The van der Waals surface area contributed by atoms with Crippen LogP contribution in [0.4, 0.5) is 17.1 Å². The van der Waals surface area contributed by atoms with Crippen molar-refractivity contribution < 1.29 is 14.5 Å². The van der Waals surface area contributed by atoms with E-state index < -0.39 is 4.92 Å². The molecule has 1 fully saturated rings. The van der Waals surface area contributed by atoms with Crippen molar-refractivity contribution in [2.45, 2.75) is 39.7 Å². The number of hydrogen-bond acceptors (Lipinski definition) is 5. The summed E-state index contributed by atoms with van der Waals surface area (Å²) in [6.45, 7) is 5.78. The molecule has 1 aliphatic rings. The molecule has 8 heteroatoms. The number of rotatable bonds is 7. The van der Waals surface area contributed by atoms with Gasteiger partial charge in [0.1, 0.15) is 5.69 Å². The van der Waals surface area contributed by atoms with E-state index >= 15 is 0 Å². The molecule has 0 aromatic heterocycles. The molecule has 8 nitrogen and oxygen atoms in total. The molecular formula is C22H26N4O4. The number of carbonyl (C=O) groups excluding carboxylic acids is 2. The van der Waals surface area contributed by atoms with Crippen molar-refractivity contribution in [1.82, 2.24) is 5.32 Å².